The fourth-order valence-electron chi connectivity index (χ4n) is 1.49. The highest BCUT2D eigenvalue weighted by Crippen LogP contribution is 2.31. The van der Waals surface area contributed by atoms with Gasteiger partial charge in [-0.05, 0) is 18.9 Å². The van der Waals surface area contributed by atoms with Crippen molar-refractivity contribution in [2.45, 2.75) is 19.3 Å². The number of aliphatic carboxylic acids is 1. The zero-order valence-electron chi connectivity index (χ0n) is 9.56. The van der Waals surface area contributed by atoms with E-state index in [0.717, 1.165) is 6.07 Å². The summed E-state index contributed by atoms with van der Waals surface area (Å²) >= 11 is 11.5. The molecule has 0 saturated heterocycles. The molecule has 0 amide bonds. The summed E-state index contributed by atoms with van der Waals surface area (Å²) in [4.78, 5) is 31.4. The van der Waals surface area contributed by atoms with Crippen molar-refractivity contribution >= 4 is 40.6 Å². The molecule has 0 aromatic heterocycles. The molecule has 8 heteroatoms. The Morgan fingerprint density at radius 1 is 1.26 bits per heavy atom. The normalized spacial score (nSPS) is 10.2. The molecule has 0 fully saturated rings. The minimum atomic E-state index is -1.51. The average molecular weight is 306 g/mol. The largest absolute Gasteiger partial charge is 0.476 e. The molecule has 0 atom stereocenters. The molecule has 0 bridgehead atoms. The summed E-state index contributed by atoms with van der Waals surface area (Å²) in [6.45, 7) is 0. The van der Waals surface area contributed by atoms with Gasteiger partial charge in [-0.3, -0.25) is 14.9 Å². The Balaban J connectivity index is 2.83. The molecule has 0 saturated carbocycles. The second kappa shape index (κ2) is 6.49. The van der Waals surface area contributed by atoms with Crippen molar-refractivity contribution in [2.75, 3.05) is 0 Å². The quantitative estimate of drug-likeness (QED) is 0.495. The molecular formula is C11H9Cl2NO5. The SMILES string of the molecule is O=C(O)C(=O)CCCc1cc(Cl)c(Cl)cc1[N+](=O)[O-]. The first-order valence-electron chi connectivity index (χ1n) is 5.21. The van der Waals surface area contributed by atoms with Gasteiger partial charge in [0.2, 0.25) is 5.78 Å². The van der Waals surface area contributed by atoms with E-state index in [1.165, 1.54) is 6.07 Å². The summed E-state index contributed by atoms with van der Waals surface area (Å²) < 4.78 is 0. The maximum Gasteiger partial charge on any atom is 0.372 e. The highest BCUT2D eigenvalue weighted by atomic mass is 35.5. The fraction of sp³-hybridized carbons (Fsp3) is 0.273. The summed E-state index contributed by atoms with van der Waals surface area (Å²) in [5.74, 6) is -2.44. The third-order valence-electron chi connectivity index (χ3n) is 2.41. The number of Topliss-reactive ketones (excluding diaryl/α,β-unsaturated/α-hetero) is 1. The monoisotopic (exact) mass is 305 g/mol. The van der Waals surface area contributed by atoms with Crippen molar-refractivity contribution in [1.82, 2.24) is 0 Å². The van der Waals surface area contributed by atoms with Crippen molar-refractivity contribution in [3.05, 3.63) is 37.9 Å². The summed E-state index contributed by atoms with van der Waals surface area (Å²) in [7, 11) is 0. The van der Waals surface area contributed by atoms with E-state index in [1.807, 2.05) is 0 Å². The van der Waals surface area contributed by atoms with Gasteiger partial charge in [-0.1, -0.05) is 23.2 Å². The third-order valence-corrected chi connectivity index (χ3v) is 3.13. The van der Waals surface area contributed by atoms with Crippen molar-refractivity contribution < 1.29 is 19.6 Å². The predicted molar refractivity (Wildman–Crippen MR) is 68.7 cm³/mol. The lowest BCUT2D eigenvalue weighted by atomic mass is 10.0. The Morgan fingerprint density at radius 2 is 1.84 bits per heavy atom. The molecule has 19 heavy (non-hydrogen) atoms. The second-order valence-electron chi connectivity index (χ2n) is 3.73. The van der Waals surface area contributed by atoms with E-state index >= 15 is 0 Å². The minimum absolute atomic E-state index is 0.0683. The number of aryl methyl sites for hydroxylation is 1. The number of nitrogens with zero attached hydrogens (tertiary/aromatic N) is 1. The highest BCUT2D eigenvalue weighted by Gasteiger charge is 2.18. The minimum Gasteiger partial charge on any atom is -0.476 e. The molecule has 0 unspecified atom stereocenters. The smallest absolute Gasteiger partial charge is 0.372 e. The number of hydrogen-bond acceptors (Lipinski definition) is 4. The van der Waals surface area contributed by atoms with Gasteiger partial charge >= 0.3 is 5.97 Å². The first-order valence-corrected chi connectivity index (χ1v) is 5.97. The van der Waals surface area contributed by atoms with Crippen LogP contribution in [0.5, 0.6) is 0 Å². The zero-order valence-corrected chi connectivity index (χ0v) is 11.1. The van der Waals surface area contributed by atoms with Gasteiger partial charge in [-0.25, -0.2) is 4.79 Å². The van der Waals surface area contributed by atoms with Crippen molar-refractivity contribution in [3.8, 4) is 0 Å². The molecule has 0 aliphatic heterocycles. The maximum atomic E-state index is 10.9. The van der Waals surface area contributed by atoms with E-state index in [-0.39, 0.29) is 35.0 Å². The molecule has 1 N–H and O–H groups in total. The van der Waals surface area contributed by atoms with Crippen LogP contribution < -0.4 is 0 Å². The molecular weight excluding hydrogens is 297 g/mol. The van der Waals surface area contributed by atoms with Crippen LogP contribution in [0.3, 0.4) is 0 Å². The van der Waals surface area contributed by atoms with E-state index in [1.54, 1.807) is 0 Å². The summed E-state index contributed by atoms with van der Waals surface area (Å²) in [5, 5.41) is 19.5. The number of carboxylic acids is 1. The predicted octanol–water partition coefficient (Wildman–Crippen LogP) is 2.88. The Hall–Kier alpha value is -1.66. The number of carbonyl (C=O) groups is 2. The molecule has 102 valence electrons. The topological polar surface area (TPSA) is 97.5 Å². The summed E-state index contributed by atoms with van der Waals surface area (Å²) in [6, 6.07) is 2.49. The van der Waals surface area contributed by atoms with E-state index < -0.39 is 16.7 Å². The number of hydrogen-bond donors (Lipinski definition) is 1. The van der Waals surface area contributed by atoms with Gasteiger partial charge in [0, 0.05) is 18.1 Å². The number of rotatable bonds is 6. The number of carboxylic acid groups (broad SMARTS) is 1. The Kier molecular flexibility index (Phi) is 5.26. The van der Waals surface area contributed by atoms with Gasteiger partial charge in [-0.2, -0.15) is 0 Å². The number of ketones is 1. The van der Waals surface area contributed by atoms with E-state index in [9.17, 15) is 19.7 Å². The van der Waals surface area contributed by atoms with E-state index in [4.69, 9.17) is 28.3 Å². The van der Waals surface area contributed by atoms with Gasteiger partial charge in [0.1, 0.15) is 0 Å². The molecule has 1 aromatic rings. The molecule has 0 radical (unpaired) electrons. The van der Waals surface area contributed by atoms with Crippen molar-refractivity contribution in [3.63, 3.8) is 0 Å². The third kappa shape index (κ3) is 4.18. The van der Waals surface area contributed by atoms with Crippen LogP contribution >= 0.6 is 23.2 Å². The molecule has 1 aromatic carbocycles. The zero-order chi connectivity index (χ0) is 14.6. The Bertz CT molecular complexity index is 544. The van der Waals surface area contributed by atoms with Gasteiger partial charge in [0.25, 0.3) is 5.69 Å². The number of benzene rings is 1. The van der Waals surface area contributed by atoms with Crippen LogP contribution in [0.4, 0.5) is 5.69 Å². The van der Waals surface area contributed by atoms with E-state index in [0.29, 0.717) is 5.56 Å². The molecule has 0 spiro atoms. The van der Waals surface area contributed by atoms with Gasteiger partial charge in [0.15, 0.2) is 0 Å². The fourth-order valence-corrected chi connectivity index (χ4v) is 1.84. The highest BCUT2D eigenvalue weighted by molar-refractivity contribution is 6.42. The van der Waals surface area contributed by atoms with Crippen LogP contribution in [0.1, 0.15) is 18.4 Å². The number of nitro groups is 1. The second-order valence-corrected chi connectivity index (χ2v) is 4.55. The van der Waals surface area contributed by atoms with Crippen LogP contribution in [0.2, 0.25) is 10.0 Å². The van der Waals surface area contributed by atoms with E-state index in [2.05, 4.69) is 0 Å². The molecule has 0 aliphatic rings. The van der Waals surface area contributed by atoms with Gasteiger partial charge < -0.3 is 5.11 Å². The maximum absolute atomic E-state index is 10.9. The lowest BCUT2D eigenvalue weighted by Crippen LogP contribution is -2.12. The molecule has 6 nitrogen and oxygen atoms in total. The standard InChI is InChI=1S/C11H9Cl2NO5/c12-7-4-6(2-1-3-10(15)11(16)17)9(14(18)19)5-8(7)13/h4-5H,1-3H2,(H,16,17). The van der Waals surface area contributed by atoms with Crippen LogP contribution in [0, 0.1) is 10.1 Å². The average Bonchev–Trinajstić information content (AvgIpc) is 2.32. The Morgan fingerprint density at radius 3 is 2.37 bits per heavy atom. The van der Waals surface area contributed by atoms with Crippen LogP contribution in [0.25, 0.3) is 0 Å². The summed E-state index contributed by atoms with van der Waals surface area (Å²) in [6.07, 6.45) is 0.170. The first-order chi connectivity index (χ1) is 8.82. The van der Waals surface area contributed by atoms with Crippen molar-refractivity contribution in [2.24, 2.45) is 0 Å². The lowest BCUT2D eigenvalue weighted by molar-refractivity contribution is -0.385. The van der Waals surface area contributed by atoms with Crippen LogP contribution in [-0.4, -0.2) is 21.8 Å². The number of carbonyl (C=O) groups excluding carboxylic acids is 1. The molecule has 0 aliphatic carbocycles. The van der Waals surface area contributed by atoms with Crippen molar-refractivity contribution in [1.29, 1.82) is 0 Å². The molecule has 0 heterocycles. The molecule has 1 rings (SSSR count). The van der Waals surface area contributed by atoms with Crippen LogP contribution in [0.15, 0.2) is 12.1 Å². The summed E-state index contributed by atoms with van der Waals surface area (Å²) in [5.41, 5.74) is 0.120. The van der Waals surface area contributed by atoms with Crippen LogP contribution in [-0.2, 0) is 16.0 Å². The first kappa shape index (κ1) is 15.4. The van der Waals surface area contributed by atoms with Gasteiger partial charge in [0.05, 0.1) is 15.0 Å². The Labute approximate surface area is 118 Å². The number of nitro benzene ring substituents is 1. The number of halogens is 2. The lowest BCUT2D eigenvalue weighted by Gasteiger charge is -2.04. The van der Waals surface area contributed by atoms with Gasteiger partial charge in [-0.15, -0.1) is 0 Å².